The monoisotopic (exact) mass is 354 g/mol. The summed E-state index contributed by atoms with van der Waals surface area (Å²) in [5.74, 6) is 0.281. The van der Waals surface area contributed by atoms with E-state index in [4.69, 9.17) is 9.84 Å². The van der Waals surface area contributed by atoms with Crippen LogP contribution in [-0.2, 0) is 0 Å². The van der Waals surface area contributed by atoms with Gasteiger partial charge in [-0.05, 0) is 29.2 Å². The van der Waals surface area contributed by atoms with Crippen LogP contribution in [0.4, 0.5) is 13.2 Å². The van der Waals surface area contributed by atoms with E-state index in [1.165, 1.54) is 6.07 Å². The number of alkyl halides is 3. The minimum Gasteiger partial charge on any atom is -0.493 e. The summed E-state index contributed by atoms with van der Waals surface area (Å²) in [6, 6.07) is 11.7. The second-order valence-corrected chi connectivity index (χ2v) is 5.91. The van der Waals surface area contributed by atoms with Gasteiger partial charge in [0.25, 0.3) is 0 Å². The molecule has 1 N–H and O–H groups in total. The Bertz CT molecular complexity index is 679. The van der Waals surface area contributed by atoms with E-state index in [-0.39, 0.29) is 24.7 Å². The Labute approximate surface area is 145 Å². The molecule has 0 amide bonds. The van der Waals surface area contributed by atoms with E-state index in [9.17, 15) is 13.2 Å². The summed E-state index contributed by atoms with van der Waals surface area (Å²) < 4.78 is 47.8. The maximum atomic E-state index is 12.7. The first-order valence-corrected chi connectivity index (χ1v) is 8.04. The quantitative estimate of drug-likeness (QED) is 0.700. The Hall–Kier alpha value is -2.21. The largest absolute Gasteiger partial charge is 0.573 e. The number of aliphatic hydroxyl groups is 1. The topological polar surface area (TPSA) is 38.7 Å². The summed E-state index contributed by atoms with van der Waals surface area (Å²) in [7, 11) is 0. The summed E-state index contributed by atoms with van der Waals surface area (Å²) in [5.41, 5.74) is 2.07. The average molecular weight is 354 g/mol. The lowest BCUT2D eigenvalue weighted by atomic mass is 9.98. The van der Waals surface area contributed by atoms with Crippen LogP contribution >= 0.6 is 0 Å². The first-order chi connectivity index (χ1) is 11.8. The van der Waals surface area contributed by atoms with Gasteiger partial charge in [-0.3, -0.25) is 0 Å². The van der Waals surface area contributed by atoms with Crippen LogP contribution < -0.4 is 9.47 Å². The Morgan fingerprint density at radius 3 is 2.28 bits per heavy atom. The molecule has 0 fully saturated rings. The minimum absolute atomic E-state index is 0.0494. The molecule has 0 aromatic heterocycles. The van der Waals surface area contributed by atoms with Crippen LogP contribution in [0.3, 0.4) is 0 Å². The number of hydrogen-bond donors (Lipinski definition) is 1. The number of rotatable bonds is 7. The molecule has 0 radical (unpaired) electrons. The van der Waals surface area contributed by atoms with Gasteiger partial charge in [0.15, 0.2) is 0 Å². The Morgan fingerprint density at radius 1 is 1.04 bits per heavy atom. The van der Waals surface area contributed by atoms with Crippen LogP contribution in [-0.4, -0.2) is 24.7 Å². The highest BCUT2D eigenvalue weighted by atomic mass is 19.4. The third-order valence-corrected chi connectivity index (χ3v) is 3.64. The highest BCUT2D eigenvalue weighted by molar-refractivity contribution is 5.71. The molecule has 0 aliphatic carbocycles. The molecule has 0 unspecified atom stereocenters. The van der Waals surface area contributed by atoms with Gasteiger partial charge in [0.05, 0.1) is 6.61 Å². The van der Waals surface area contributed by atoms with Crippen LogP contribution in [0.5, 0.6) is 11.5 Å². The van der Waals surface area contributed by atoms with Gasteiger partial charge in [0.2, 0.25) is 0 Å². The lowest BCUT2D eigenvalue weighted by Crippen LogP contribution is -2.17. The van der Waals surface area contributed by atoms with Crippen molar-refractivity contribution in [1.29, 1.82) is 0 Å². The summed E-state index contributed by atoms with van der Waals surface area (Å²) >= 11 is 0. The second-order valence-electron chi connectivity index (χ2n) is 5.91. The van der Waals surface area contributed by atoms with E-state index in [0.717, 1.165) is 5.56 Å². The average Bonchev–Trinajstić information content (AvgIpc) is 2.54. The maximum Gasteiger partial charge on any atom is 0.573 e. The number of benzene rings is 2. The Morgan fingerprint density at radius 2 is 1.72 bits per heavy atom. The van der Waals surface area contributed by atoms with E-state index >= 15 is 0 Å². The standard InChI is InChI=1S/C19H21F3O3/c1-13(2)14-4-6-15(7-5-14)17-9-8-16(24-11-3-10-23)12-18(17)25-19(20,21)22/h4-9,12-13,23H,3,10-11H2,1-2H3. The molecular weight excluding hydrogens is 333 g/mol. The third kappa shape index (κ3) is 5.67. The zero-order chi connectivity index (χ0) is 18.4. The lowest BCUT2D eigenvalue weighted by molar-refractivity contribution is -0.274. The molecule has 0 bridgehead atoms. The molecule has 25 heavy (non-hydrogen) atoms. The number of ether oxygens (including phenoxy) is 2. The van der Waals surface area contributed by atoms with Crippen LogP contribution in [0.15, 0.2) is 42.5 Å². The molecule has 0 aliphatic rings. The van der Waals surface area contributed by atoms with Gasteiger partial charge in [0.1, 0.15) is 11.5 Å². The van der Waals surface area contributed by atoms with Crippen molar-refractivity contribution < 1.29 is 27.8 Å². The van der Waals surface area contributed by atoms with E-state index in [2.05, 4.69) is 4.74 Å². The minimum atomic E-state index is -4.80. The molecule has 0 heterocycles. The molecular formula is C19H21F3O3. The van der Waals surface area contributed by atoms with Gasteiger partial charge in [-0.15, -0.1) is 13.2 Å². The van der Waals surface area contributed by atoms with Crippen LogP contribution in [0.25, 0.3) is 11.1 Å². The van der Waals surface area contributed by atoms with Crippen molar-refractivity contribution in [3.8, 4) is 22.6 Å². The van der Waals surface area contributed by atoms with E-state index in [1.54, 1.807) is 24.3 Å². The van der Waals surface area contributed by atoms with Crippen molar-refractivity contribution in [2.45, 2.75) is 32.5 Å². The first-order valence-electron chi connectivity index (χ1n) is 8.04. The second kappa shape index (κ2) is 8.25. The lowest BCUT2D eigenvalue weighted by Gasteiger charge is -2.16. The Kier molecular flexibility index (Phi) is 6.31. The molecule has 0 aliphatic heterocycles. The van der Waals surface area contributed by atoms with Crippen LogP contribution in [0, 0.1) is 0 Å². The first kappa shape index (κ1) is 19.1. The summed E-state index contributed by atoms with van der Waals surface area (Å²) in [6.45, 7) is 4.26. The number of hydrogen-bond acceptors (Lipinski definition) is 3. The van der Waals surface area contributed by atoms with E-state index in [1.807, 2.05) is 26.0 Å². The van der Waals surface area contributed by atoms with Gasteiger partial charge in [0, 0.05) is 24.7 Å². The zero-order valence-electron chi connectivity index (χ0n) is 14.1. The smallest absolute Gasteiger partial charge is 0.493 e. The number of aliphatic hydroxyl groups excluding tert-OH is 1. The highest BCUT2D eigenvalue weighted by Gasteiger charge is 2.32. The van der Waals surface area contributed by atoms with Gasteiger partial charge in [-0.25, -0.2) is 0 Å². The van der Waals surface area contributed by atoms with Gasteiger partial charge < -0.3 is 14.6 Å². The predicted molar refractivity (Wildman–Crippen MR) is 89.8 cm³/mol. The molecule has 0 saturated carbocycles. The molecule has 6 heteroatoms. The fourth-order valence-corrected chi connectivity index (χ4v) is 2.34. The molecule has 2 aromatic carbocycles. The molecule has 2 rings (SSSR count). The fraction of sp³-hybridized carbons (Fsp3) is 0.368. The summed E-state index contributed by atoms with van der Waals surface area (Å²) in [4.78, 5) is 0. The molecule has 136 valence electrons. The van der Waals surface area contributed by atoms with Gasteiger partial charge in [-0.1, -0.05) is 38.1 Å². The zero-order valence-corrected chi connectivity index (χ0v) is 14.1. The van der Waals surface area contributed by atoms with Crippen molar-refractivity contribution in [3.63, 3.8) is 0 Å². The van der Waals surface area contributed by atoms with Gasteiger partial charge in [-0.2, -0.15) is 0 Å². The van der Waals surface area contributed by atoms with Crippen molar-refractivity contribution in [2.75, 3.05) is 13.2 Å². The van der Waals surface area contributed by atoms with Crippen LogP contribution in [0.2, 0.25) is 0 Å². The molecule has 2 aromatic rings. The summed E-state index contributed by atoms with van der Waals surface area (Å²) in [6.07, 6.45) is -4.40. The maximum absolute atomic E-state index is 12.7. The van der Waals surface area contributed by atoms with E-state index < -0.39 is 6.36 Å². The van der Waals surface area contributed by atoms with Crippen LogP contribution in [0.1, 0.15) is 31.7 Å². The molecule has 0 saturated heterocycles. The normalized spacial score (nSPS) is 11.6. The highest BCUT2D eigenvalue weighted by Crippen LogP contribution is 2.37. The SMILES string of the molecule is CC(C)c1ccc(-c2ccc(OCCCO)cc2OC(F)(F)F)cc1. The van der Waals surface area contributed by atoms with Crippen molar-refractivity contribution in [1.82, 2.24) is 0 Å². The fourth-order valence-electron chi connectivity index (χ4n) is 2.34. The predicted octanol–water partition coefficient (Wildman–Crippen LogP) is 5.14. The molecule has 0 spiro atoms. The Balaban J connectivity index is 2.34. The number of halogens is 3. The van der Waals surface area contributed by atoms with Crippen molar-refractivity contribution in [3.05, 3.63) is 48.0 Å². The van der Waals surface area contributed by atoms with Crippen molar-refractivity contribution >= 4 is 0 Å². The third-order valence-electron chi connectivity index (χ3n) is 3.64. The van der Waals surface area contributed by atoms with Crippen molar-refractivity contribution in [2.24, 2.45) is 0 Å². The van der Waals surface area contributed by atoms with Gasteiger partial charge >= 0.3 is 6.36 Å². The summed E-state index contributed by atoms with van der Waals surface area (Å²) in [5, 5.41) is 8.75. The molecule has 3 nitrogen and oxygen atoms in total. The van der Waals surface area contributed by atoms with E-state index in [0.29, 0.717) is 23.5 Å². The molecule has 0 atom stereocenters.